The standard InChI is InChI=1S/C23H21N3O2S/c1-18(15-20-13-14-22(28-2)16-24-20)29-23(25-19-9-5-3-6-10-19)26(17-27)21-11-7-4-8-12-21/h3-17H,1-2H3/b18-15-,25-23?. The van der Waals surface area contributed by atoms with Gasteiger partial charge >= 0.3 is 0 Å². The van der Waals surface area contributed by atoms with E-state index in [0.717, 1.165) is 28.4 Å². The fraction of sp³-hybridized carbons (Fsp3) is 0.0870. The summed E-state index contributed by atoms with van der Waals surface area (Å²) < 4.78 is 5.15. The van der Waals surface area contributed by atoms with Crippen molar-refractivity contribution in [3.05, 3.63) is 89.6 Å². The Hall–Kier alpha value is -3.38. The number of amidine groups is 1. The van der Waals surface area contributed by atoms with Gasteiger partial charge < -0.3 is 4.74 Å². The van der Waals surface area contributed by atoms with Crippen molar-refractivity contribution in [2.45, 2.75) is 6.92 Å². The number of amides is 1. The van der Waals surface area contributed by atoms with Crippen molar-refractivity contribution in [3.8, 4) is 5.75 Å². The number of aromatic nitrogens is 1. The summed E-state index contributed by atoms with van der Waals surface area (Å²) in [5.41, 5.74) is 2.32. The first-order chi connectivity index (χ1) is 14.2. The number of rotatable bonds is 6. The van der Waals surface area contributed by atoms with Crippen LogP contribution in [0.5, 0.6) is 5.75 Å². The van der Waals surface area contributed by atoms with E-state index < -0.39 is 0 Å². The van der Waals surface area contributed by atoms with Gasteiger partial charge in [0.05, 0.1) is 30.4 Å². The second-order valence-electron chi connectivity index (χ2n) is 6.02. The maximum atomic E-state index is 11.9. The molecule has 0 aliphatic heterocycles. The number of aliphatic imine (C=N–C) groups is 1. The Bertz CT molecular complexity index is 988. The van der Waals surface area contributed by atoms with Crippen molar-refractivity contribution in [1.29, 1.82) is 0 Å². The van der Waals surface area contributed by atoms with E-state index >= 15 is 0 Å². The van der Waals surface area contributed by atoms with Crippen LogP contribution in [0.3, 0.4) is 0 Å². The zero-order valence-corrected chi connectivity index (χ0v) is 17.0. The van der Waals surface area contributed by atoms with Crippen LogP contribution in [0.25, 0.3) is 6.08 Å². The Labute approximate surface area is 174 Å². The number of ether oxygens (including phenoxy) is 1. The third-order valence-corrected chi connectivity index (χ3v) is 4.84. The zero-order valence-electron chi connectivity index (χ0n) is 16.2. The molecule has 3 aromatic rings. The van der Waals surface area contributed by atoms with Gasteiger partial charge in [-0.2, -0.15) is 0 Å². The Kier molecular flexibility index (Phi) is 7.19. The lowest BCUT2D eigenvalue weighted by atomic mass is 10.3. The van der Waals surface area contributed by atoms with Crippen LogP contribution >= 0.6 is 11.8 Å². The highest BCUT2D eigenvalue weighted by Crippen LogP contribution is 2.27. The second kappa shape index (κ2) is 10.2. The molecule has 0 saturated heterocycles. The van der Waals surface area contributed by atoms with Crippen LogP contribution in [0.1, 0.15) is 12.6 Å². The molecule has 0 aliphatic rings. The third kappa shape index (κ3) is 5.80. The molecule has 0 fully saturated rings. The number of anilines is 1. The predicted molar refractivity (Wildman–Crippen MR) is 121 cm³/mol. The fourth-order valence-electron chi connectivity index (χ4n) is 2.52. The summed E-state index contributed by atoms with van der Waals surface area (Å²) in [5, 5.41) is 0.555. The van der Waals surface area contributed by atoms with Gasteiger partial charge in [0.25, 0.3) is 0 Å². The summed E-state index contributed by atoms with van der Waals surface area (Å²) in [6.45, 7) is 1.96. The first kappa shape index (κ1) is 20.4. The van der Waals surface area contributed by atoms with Crippen LogP contribution in [0, 0.1) is 0 Å². The average Bonchev–Trinajstić information content (AvgIpc) is 2.76. The van der Waals surface area contributed by atoms with Crippen molar-refractivity contribution in [3.63, 3.8) is 0 Å². The van der Waals surface area contributed by atoms with E-state index in [2.05, 4.69) is 4.98 Å². The van der Waals surface area contributed by atoms with Gasteiger partial charge in [-0.3, -0.25) is 14.7 Å². The van der Waals surface area contributed by atoms with Crippen LogP contribution < -0.4 is 9.64 Å². The van der Waals surface area contributed by atoms with Gasteiger partial charge in [0.2, 0.25) is 6.41 Å². The Morgan fingerprint density at radius 3 is 2.31 bits per heavy atom. The Balaban J connectivity index is 1.93. The minimum Gasteiger partial charge on any atom is -0.495 e. The minimum absolute atomic E-state index is 0.555. The lowest BCUT2D eigenvalue weighted by molar-refractivity contribution is -0.106. The molecule has 0 spiro atoms. The van der Waals surface area contributed by atoms with Crippen molar-refractivity contribution >= 4 is 40.8 Å². The minimum atomic E-state index is 0.555. The van der Waals surface area contributed by atoms with Crippen LogP contribution in [0.4, 0.5) is 11.4 Å². The number of carbonyl (C=O) groups excluding carboxylic acids is 1. The number of methoxy groups -OCH3 is 1. The molecule has 0 radical (unpaired) electrons. The zero-order chi connectivity index (χ0) is 20.5. The number of hydrogen-bond donors (Lipinski definition) is 0. The maximum absolute atomic E-state index is 11.9. The van der Waals surface area contributed by atoms with E-state index in [-0.39, 0.29) is 0 Å². The molecule has 0 saturated carbocycles. The molecule has 5 nitrogen and oxygen atoms in total. The molecule has 0 unspecified atom stereocenters. The molecule has 6 heteroatoms. The molecule has 1 aromatic heterocycles. The highest BCUT2D eigenvalue weighted by Gasteiger charge is 2.15. The molecule has 0 aliphatic carbocycles. The summed E-state index contributed by atoms with van der Waals surface area (Å²) in [6, 6.07) is 22.7. The van der Waals surface area contributed by atoms with Crippen LogP contribution in [-0.4, -0.2) is 23.7 Å². The second-order valence-corrected chi connectivity index (χ2v) is 7.23. The number of hydrogen-bond acceptors (Lipinski definition) is 5. The Morgan fingerprint density at radius 1 is 1.03 bits per heavy atom. The van der Waals surface area contributed by atoms with Crippen LogP contribution in [0.2, 0.25) is 0 Å². The molecule has 1 heterocycles. The van der Waals surface area contributed by atoms with Crippen LogP contribution in [0.15, 0.2) is 88.9 Å². The summed E-state index contributed by atoms with van der Waals surface area (Å²) in [4.78, 5) is 23.5. The van der Waals surface area contributed by atoms with Crippen molar-refractivity contribution in [2.75, 3.05) is 12.0 Å². The summed E-state index contributed by atoms with van der Waals surface area (Å²) >= 11 is 1.41. The van der Waals surface area contributed by atoms with Gasteiger partial charge in [-0.25, -0.2) is 4.99 Å². The number of thioether (sulfide) groups is 1. The quantitative estimate of drug-likeness (QED) is 0.308. The first-order valence-electron chi connectivity index (χ1n) is 8.99. The van der Waals surface area contributed by atoms with E-state index in [4.69, 9.17) is 9.73 Å². The number of para-hydroxylation sites is 2. The lowest BCUT2D eigenvalue weighted by Gasteiger charge is -2.19. The van der Waals surface area contributed by atoms with Gasteiger partial charge in [-0.1, -0.05) is 48.2 Å². The average molecular weight is 404 g/mol. The van der Waals surface area contributed by atoms with Gasteiger partial charge in [-0.05, 0) is 54.3 Å². The molecule has 29 heavy (non-hydrogen) atoms. The first-order valence-corrected chi connectivity index (χ1v) is 9.81. The largest absolute Gasteiger partial charge is 0.495 e. The van der Waals surface area contributed by atoms with E-state index in [1.807, 2.05) is 85.8 Å². The number of carbonyl (C=O) groups is 1. The molecule has 1 amide bonds. The molecular formula is C23H21N3O2S. The summed E-state index contributed by atoms with van der Waals surface area (Å²) in [6.07, 6.45) is 4.39. The van der Waals surface area contributed by atoms with Crippen molar-refractivity contribution < 1.29 is 9.53 Å². The van der Waals surface area contributed by atoms with Gasteiger partial charge in [-0.15, -0.1) is 0 Å². The molecular weight excluding hydrogens is 382 g/mol. The van der Waals surface area contributed by atoms with Gasteiger partial charge in [0.1, 0.15) is 5.75 Å². The van der Waals surface area contributed by atoms with Crippen LogP contribution in [-0.2, 0) is 4.79 Å². The molecule has 0 atom stereocenters. The molecule has 2 aromatic carbocycles. The monoisotopic (exact) mass is 403 g/mol. The number of nitrogens with zero attached hydrogens (tertiary/aromatic N) is 3. The topological polar surface area (TPSA) is 54.8 Å². The third-order valence-electron chi connectivity index (χ3n) is 3.93. The Morgan fingerprint density at radius 2 is 1.72 bits per heavy atom. The van der Waals surface area contributed by atoms with E-state index in [1.54, 1.807) is 13.3 Å². The smallest absolute Gasteiger partial charge is 0.220 e. The van der Waals surface area contributed by atoms with Gasteiger partial charge in [0, 0.05) is 0 Å². The van der Waals surface area contributed by atoms with E-state index in [0.29, 0.717) is 10.9 Å². The predicted octanol–water partition coefficient (Wildman–Crippen LogP) is 5.53. The van der Waals surface area contributed by atoms with Crippen molar-refractivity contribution in [1.82, 2.24) is 4.98 Å². The number of benzene rings is 2. The van der Waals surface area contributed by atoms with Crippen molar-refractivity contribution in [2.24, 2.45) is 4.99 Å². The molecule has 3 rings (SSSR count). The SMILES string of the molecule is COc1ccc(/C=C(/C)SC(=Nc2ccccc2)N(C=O)c2ccccc2)nc1. The van der Waals surface area contributed by atoms with Gasteiger partial charge in [0.15, 0.2) is 5.17 Å². The summed E-state index contributed by atoms with van der Waals surface area (Å²) in [5.74, 6) is 0.704. The maximum Gasteiger partial charge on any atom is 0.220 e. The van der Waals surface area contributed by atoms with E-state index in [1.165, 1.54) is 16.7 Å². The molecule has 146 valence electrons. The lowest BCUT2D eigenvalue weighted by Crippen LogP contribution is -2.26. The summed E-state index contributed by atoms with van der Waals surface area (Å²) in [7, 11) is 1.61. The highest BCUT2D eigenvalue weighted by molar-refractivity contribution is 8.17. The van der Waals surface area contributed by atoms with E-state index in [9.17, 15) is 4.79 Å². The normalized spacial score (nSPS) is 11.8. The number of allylic oxidation sites excluding steroid dienone is 1. The number of pyridine rings is 1. The fourth-order valence-corrected chi connectivity index (χ4v) is 3.39. The molecule has 0 N–H and O–H groups in total. The highest BCUT2D eigenvalue weighted by atomic mass is 32.2. The molecule has 0 bridgehead atoms.